The van der Waals surface area contributed by atoms with Gasteiger partial charge in [-0.3, -0.25) is 0 Å². The highest BCUT2D eigenvalue weighted by molar-refractivity contribution is 7.81. The van der Waals surface area contributed by atoms with E-state index >= 15 is 0 Å². The number of aliphatic hydroxyl groups is 1. The normalized spacial score (nSPS) is 45.0. The van der Waals surface area contributed by atoms with E-state index in [1.165, 1.54) is 0 Å². The summed E-state index contributed by atoms with van der Waals surface area (Å²) in [4.78, 5) is 0. The van der Waals surface area contributed by atoms with Crippen LogP contribution in [0.4, 0.5) is 0 Å². The maximum absolute atomic E-state index is 9.22. The third kappa shape index (κ3) is 1.87. The summed E-state index contributed by atoms with van der Waals surface area (Å²) >= 11 is 4.27. The molecule has 0 heterocycles. The Morgan fingerprint density at radius 3 is 2.56 bits per heavy atom. The van der Waals surface area contributed by atoms with Gasteiger partial charge in [-0.05, 0) is 25.2 Å². The van der Waals surface area contributed by atoms with E-state index in [0.29, 0.717) is 0 Å². The molecule has 1 rings (SSSR count). The molecule has 1 nitrogen and oxygen atoms in total. The molecule has 0 spiro atoms. The molecule has 0 aromatic carbocycles. The van der Waals surface area contributed by atoms with Gasteiger partial charge in [-0.1, -0.05) is 6.92 Å². The van der Waals surface area contributed by atoms with Crippen LogP contribution in [0.1, 0.15) is 26.2 Å². The van der Waals surface area contributed by atoms with Crippen molar-refractivity contribution in [2.24, 2.45) is 5.92 Å². The van der Waals surface area contributed by atoms with E-state index in [0.717, 1.165) is 25.2 Å². The number of rotatable bonds is 0. The Labute approximate surface area is 61.9 Å². The van der Waals surface area contributed by atoms with Crippen LogP contribution in [0.3, 0.4) is 0 Å². The smallest absolute Gasteiger partial charge is 0.0656 e. The molecular formula is C7H14OS. The molecular weight excluding hydrogens is 132 g/mol. The van der Waals surface area contributed by atoms with Gasteiger partial charge < -0.3 is 5.11 Å². The lowest BCUT2D eigenvalue weighted by atomic mass is 9.88. The van der Waals surface area contributed by atoms with E-state index in [-0.39, 0.29) is 11.4 Å². The predicted molar refractivity (Wildman–Crippen MR) is 41.8 cm³/mol. The van der Waals surface area contributed by atoms with Gasteiger partial charge in [0.15, 0.2) is 0 Å². The van der Waals surface area contributed by atoms with Crippen molar-refractivity contribution in [3.05, 3.63) is 0 Å². The molecule has 1 unspecified atom stereocenters. The molecule has 9 heavy (non-hydrogen) atoms. The third-order valence-corrected chi connectivity index (χ3v) is 2.60. The fourth-order valence-electron chi connectivity index (χ4n) is 1.33. The standard InChI is InChI=1S/C7H14OS/c1-5-2-3-6(8)7(9)4-5/h5-9H,2-4H2,1H3/t5?,6-,7-/m1/s1. The van der Waals surface area contributed by atoms with E-state index in [4.69, 9.17) is 0 Å². The lowest BCUT2D eigenvalue weighted by Gasteiger charge is -2.27. The maximum atomic E-state index is 9.22. The predicted octanol–water partition coefficient (Wildman–Crippen LogP) is 1.47. The van der Waals surface area contributed by atoms with E-state index in [9.17, 15) is 5.11 Å². The Kier molecular flexibility index (Phi) is 2.42. The fraction of sp³-hybridized carbons (Fsp3) is 1.00. The minimum atomic E-state index is -0.149. The highest BCUT2D eigenvalue weighted by Gasteiger charge is 2.23. The molecule has 1 aliphatic rings. The van der Waals surface area contributed by atoms with Crippen molar-refractivity contribution in [2.75, 3.05) is 0 Å². The zero-order chi connectivity index (χ0) is 6.85. The lowest BCUT2D eigenvalue weighted by Crippen LogP contribution is -2.28. The first-order valence-corrected chi connectivity index (χ1v) is 4.08. The van der Waals surface area contributed by atoms with Gasteiger partial charge in [0, 0.05) is 5.25 Å². The molecule has 1 fully saturated rings. The number of hydrogen-bond acceptors (Lipinski definition) is 2. The average Bonchev–Trinajstić information content (AvgIpc) is 1.80. The Bertz CT molecular complexity index is 94.9. The lowest BCUT2D eigenvalue weighted by molar-refractivity contribution is 0.120. The van der Waals surface area contributed by atoms with Crippen molar-refractivity contribution in [1.82, 2.24) is 0 Å². The van der Waals surface area contributed by atoms with Crippen molar-refractivity contribution >= 4 is 12.6 Å². The molecule has 1 N–H and O–H groups in total. The first-order chi connectivity index (χ1) is 4.20. The topological polar surface area (TPSA) is 20.2 Å². The molecule has 1 saturated carbocycles. The Hall–Kier alpha value is 0.310. The zero-order valence-corrected chi connectivity index (χ0v) is 6.64. The van der Waals surface area contributed by atoms with Crippen molar-refractivity contribution in [3.8, 4) is 0 Å². The van der Waals surface area contributed by atoms with Crippen LogP contribution >= 0.6 is 12.6 Å². The molecule has 54 valence electrons. The van der Waals surface area contributed by atoms with Crippen LogP contribution < -0.4 is 0 Å². The van der Waals surface area contributed by atoms with Gasteiger partial charge >= 0.3 is 0 Å². The second-order valence-corrected chi connectivity index (χ2v) is 3.72. The minimum Gasteiger partial charge on any atom is -0.392 e. The third-order valence-electron chi connectivity index (χ3n) is 2.04. The summed E-state index contributed by atoms with van der Waals surface area (Å²) in [6, 6.07) is 0. The van der Waals surface area contributed by atoms with Crippen LogP contribution in [-0.2, 0) is 0 Å². The van der Waals surface area contributed by atoms with Crippen LogP contribution in [0.5, 0.6) is 0 Å². The van der Waals surface area contributed by atoms with Crippen LogP contribution in [0.25, 0.3) is 0 Å². The summed E-state index contributed by atoms with van der Waals surface area (Å²) in [5.41, 5.74) is 0. The largest absolute Gasteiger partial charge is 0.392 e. The molecule has 0 bridgehead atoms. The van der Waals surface area contributed by atoms with Crippen molar-refractivity contribution in [1.29, 1.82) is 0 Å². The molecule has 0 saturated heterocycles. The molecule has 0 radical (unpaired) electrons. The van der Waals surface area contributed by atoms with E-state index in [1.54, 1.807) is 0 Å². The Morgan fingerprint density at radius 2 is 2.11 bits per heavy atom. The first kappa shape index (κ1) is 7.42. The van der Waals surface area contributed by atoms with E-state index < -0.39 is 0 Å². The summed E-state index contributed by atoms with van der Waals surface area (Å²) in [5, 5.41) is 9.45. The molecule has 3 atom stereocenters. The van der Waals surface area contributed by atoms with Crippen molar-refractivity contribution in [2.45, 2.75) is 37.5 Å². The minimum absolute atomic E-state index is 0.149. The molecule has 2 heteroatoms. The average molecular weight is 146 g/mol. The SMILES string of the molecule is CC1CC[C@@H](O)[C@H](S)C1. The second kappa shape index (κ2) is 2.93. The number of thiol groups is 1. The van der Waals surface area contributed by atoms with E-state index in [1.807, 2.05) is 0 Å². The number of hydrogen-bond donors (Lipinski definition) is 2. The zero-order valence-electron chi connectivity index (χ0n) is 5.75. The fourth-order valence-corrected chi connectivity index (χ4v) is 1.84. The Balaban J connectivity index is 2.35. The van der Waals surface area contributed by atoms with Crippen molar-refractivity contribution < 1.29 is 5.11 Å². The molecule has 0 amide bonds. The molecule has 0 aromatic rings. The maximum Gasteiger partial charge on any atom is 0.0656 e. The monoisotopic (exact) mass is 146 g/mol. The van der Waals surface area contributed by atoms with Gasteiger partial charge in [0.2, 0.25) is 0 Å². The highest BCUT2D eigenvalue weighted by Crippen LogP contribution is 2.27. The first-order valence-electron chi connectivity index (χ1n) is 3.56. The van der Waals surface area contributed by atoms with Crippen LogP contribution in [0, 0.1) is 5.92 Å². The van der Waals surface area contributed by atoms with Crippen LogP contribution in [0.15, 0.2) is 0 Å². The van der Waals surface area contributed by atoms with Gasteiger partial charge in [0.25, 0.3) is 0 Å². The van der Waals surface area contributed by atoms with Gasteiger partial charge in [0.1, 0.15) is 0 Å². The summed E-state index contributed by atoms with van der Waals surface area (Å²) in [7, 11) is 0. The second-order valence-electron chi connectivity index (χ2n) is 3.05. The molecule has 0 aromatic heterocycles. The summed E-state index contributed by atoms with van der Waals surface area (Å²) < 4.78 is 0. The van der Waals surface area contributed by atoms with E-state index in [2.05, 4.69) is 19.6 Å². The van der Waals surface area contributed by atoms with Crippen LogP contribution in [0.2, 0.25) is 0 Å². The van der Waals surface area contributed by atoms with Gasteiger partial charge in [-0.15, -0.1) is 0 Å². The number of aliphatic hydroxyl groups excluding tert-OH is 1. The summed E-state index contributed by atoms with van der Waals surface area (Å²) in [6.07, 6.45) is 3.03. The van der Waals surface area contributed by atoms with Gasteiger partial charge in [-0.25, -0.2) is 0 Å². The molecule has 0 aliphatic heterocycles. The molecule has 1 aliphatic carbocycles. The van der Waals surface area contributed by atoms with Crippen molar-refractivity contribution in [3.63, 3.8) is 0 Å². The summed E-state index contributed by atoms with van der Waals surface area (Å²) in [5.74, 6) is 0.760. The van der Waals surface area contributed by atoms with Crippen LogP contribution in [-0.4, -0.2) is 16.5 Å². The quantitative estimate of drug-likeness (QED) is 0.496. The highest BCUT2D eigenvalue weighted by atomic mass is 32.1. The van der Waals surface area contributed by atoms with Gasteiger partial charge in [0.05, 0.1) is 6.10 Å². The van der Waals surface area contributed by atoms with Gasteiger partial charge in [-0.2, -0.15) is 12.6 Å². The Morgan fingerprint density at radius 1 is 1.44 bits per heavy atom. The summed E-state index contributed by atoms with van der Waals surface area (Å²) in [6.45, 7) is 2.22.